The molecule has 1 aromatic carbocycles. The maximum Gasteiger partial charge on any atom is 0.118 e. The van der Waals surface area contributed by atoms with Crippen molar-refractivity contribution in [3.8, 4) is 5.75 Å². The van der Waals surface area contributed by atoms with Crippen LogP contribution < -0.4 is 10.1 Å². The number of nitrogens with one attached hydrogen (secondary N) is 1. The third kappa shape index (κ3) is 4.21. The molecule has 0 aliphatic heterocycles. The van der Waals surface area contributed by atoms with Gasteiger partial charge in [0.25, 0.3) is 0 Å². The van der Waals surface area contributed by atoms with Gasteiger partial charge in [0.05, 0.1) is 13.2 Å². The summed E-state index contributed by atoms with van der Waals surface area (Å²) < 4.78 is 5.11. The fraction of sp³-hybridized carbons (Fsp3) is 0.538. The number of benzene rings is 1. The minimum atomic E-state index is -0.240. The molecule has 3 heteroatoms. The third-order valence-corrected chi connectivity index (χ3v) is 2.63. The van der Waals surface area contributed by atoms with E-state index in [1.807, 2.05) is 12.1 Å². The summed E-state index contributed by atoms with van der Waals surface area (Å²) in [5, 5.41) is 12.5. The fourth-order valence-corrected chi connectivity index (χ4v) is 1.52. The van der Waals surface area contributed by atoms with Crippen molar-refractivity contribution in [1.29, 1.82) is 0 Å². The first kappa shape index (κ1) is 13.0. The van der Waals surface area contributed by atoms with E-state index in [9.17, 15) is 0 Å². The molecule has 1 rings (SSSR count). The van der Waals surface area contributed by atoms with Crippen LogP contribution in [0, 0.1) is 0 Å². The number of hydrogen-bond donors (Lipinski definition) is 2. The van der Waals surface area contributed by atoms with Gasteiger partial charge in [-0.1, -0.05) is 12.1 Å². The van der Waals surface area contributed by atoms with Crippen LogP contribution in [0.15, 0.2) is 24.3 Å². The van der Waals surface area contributed by atoms with Crippen LogP contribution in [0.5, 0.6) is 5.75 Å². The van der Waals surface area contributed by atoms with E-state index >= 15 is 0 Å². The third-order valence-electron chi connectivity index (χ3n) is 2.63. The summed E-state index contributed by atoms with van der Waals surface area (Å²) in [5.41, 5.74) is 1.23. The second-order valence-corrected chi connectivity index (χ2v) is 4.09. The van der Waals surface area contributed by atoms with Gasteiger partial charge < -0.3 is 15.2 Å². The van der Waals surface area contributed by atoms with Crippen LogP contribution in [0.3, 0.4) is 0 Å². The van der Waals surface area contributed by atoms with Gasteiger partial charge >= 0.3 is 0 Å². The number of rotatable bonds is 6. The zero-order chi connectivity index (χ0) is 12.0. The zero-order valence-corrected chi connectivity index (χ0v) is 10.2. The van der Waals surface area contributed by atoms with Crippen LogP contribution in [0.1, 0.15) is 31.9 Å². The van der Waals surface area contributed by atoms with Crippen LogP contribution in [0.2, 0.25) is 0 Å². The van der Waals surface area contributed by atoms with Gasteiger partial charge in [-0.3, -0.25) is 0 Å². The molecule has 0 saturated carbocycles. The second kappa shape index (κ2) is 6.51. The predicted octanol–water partition coefficient (Wildman–Crippen LogP) is 2.12. The van der Waals surface area contributed by atoms with Crippen LogP contribution in [-0.4, -0.2) is 24.9 Å². The molecule has 0 aliphatic carbocycles. The van der Waals surface area contributed by atoms with Crippen LogP contribution in [0.4, 0.5) is 0 Å². The van der Waals surface area contributed by atoms with Gasteiger partial charge in [0.2, 0.25) is 0 Å². The molecule has 1 unspecified atom stereocenters. The number of ether oxygens (including phenoxy) is 1. The maximum atomic E-state index is 9.15. The van der Waals surface area contributed by atoms with Gasteiger partial charge in [-0.2, -0.15) is 0 Å². The maximum absolute atomic E-state index is 9.15. The Hall–Kier alpha value is -1.06. The van der Waals surface area contributed by atoms with E-state index in [1.165, 1.54) is 5.56 Å². The van der Waals surface area contributed by atoms with E-state index in [4.69, 9.17) is 9.84 Å². The average molecular weight is 223 g/mol. The topological polar surface area (TPSA) is 41.5 Å². The van der Waals surface area contributed by atoms with Crippen molar-refractivity contribution in [2.45, 2.75) is 32.4 Å². The van der Waals surface area contributed by atoms with E-state index in [2.05, 4.69) is 24.4 Å². The lowest BCUT2D eigenvalue weighted by Gasteiger charge is -2.15. The Morgan fingerprint density at radius 1 is 1.25 bits per heavy atom. The Bertz CT molecular complexity index is 295. The van der Waals surface area contributed by atoms with Crippen LogP contribution in [-0.2, 0) is 0 Å². The SMILES string of the molecule is COc1ccc([C@H](C)NCCC(C)O)cc1. The lowest BCUT2D eigenvalue weighted by Crippen LogP contribution is -2.22. The summed E-state index contributed by atoms with van der Waals surface area (Å²) in [4.78, 5) is 0. The Morgan fingerprint density at radius 3 is 2.38 bits per heavy atom. The van der Waals surface area contributed by atoms with Crippen LogP contribution >= 0.6 is 0 Å². The molecule has 2 N–H and O–H groups in total. The minimum absolute atomic E-state index is 0.240. The molecule has 0 aliphatic rings. The van der Waals surface area contributed by atoms with E-state index in [0.717, 1.165) is 18.7 Å². The normalized spacial score (nSPS) is 14.5. The fourth-order valence-electron chi connectivity index (χ4n) is 1.52. The van der Waals surface area contributed by atoms with Crippen molar-refractivity contribution in [2.24, 2.45) is 0 Å². The lowest BCUT2D eigenvalue weighted by atomic mass is 10.1. The van der Waals surface area contributed by atoms with Gasteiger partial charge in [0.1, 0.15) is 5.75 Å². The van der Waals surface area contributed by atoms with Crippen molar-refractivity contribution in [2.75, 3.05) is 13.7 Å². The Labute approximate surface area is 97.4 Å². The summed E-state index contributed by atoms with van der Waals surface area (Å²) in [6.07, 6.45) is 0.538. The van der Waals surface area contributed by atoms with E-state index in [-0.39, 0.29) is 6.10 Å². The highest BCUT2D eigenvalue weighted by molar-refractivity contribution is 5.28. The Kier molecular flexibility index (Phi) is 5.29. The van der Waals surface area contributed by atoms with Crippen molar-refractivity contribution in [1.82, 2.24) is 5.32 Å². The highest BCUT2D eigenvalue weighted by atomic mass is 16.5. The molecule has 0 spiro atoms. The summed E-state index contributed by atoms with van der Waals surface area (Å²) in [6.45, 7) is 4.74. The molecular weight excluding hydrogens is 202 g/mol. The molecule has 0 heterocycles. The molecule has 1 aromatic rings. The molecule has 16 heavy (non-hydrogen) atoms. The van der Waals surface area contributed by atoms with Crippen LogP contribution in [0.25, 0.3) is 0 Å². The quantitative estimate of drug-likeness (QED) is 0.776. The first-order chi connectivity index (χ1) is 7.63. The Morgan fingerprint density at radius 2 is 1.88 bits per heavy atom. The van der Waals surface area contributed by atoms with Crippen molar-refractivity contribution < 1.29 is 9.84 Å². The highest BCUT2D eigenvalue weighted by Gasteiger charge is 2.05. The second-order valence-electron chi connectivity index (χ2n) is 4.09. The highest BCUT2D eigenvalue weighted by Crippen LogP contribution is 2.17. The van der Waals surface area contributed by atoms with E-state index in [0.29, 0.717) is 6.04 Å². The Balaban J connectivity index is 2.43. The first-order valence-electron chi connectivity index (χ1n) is 5.69. The standard InChI is InChI=1S/C13H21NO2/c1-10(15)8-9-14-11(2)12-4-6-13(16-3)7-5-12/h4-7,10-11,14-15H,8-9H2,1-3H3/t10?,11-/m0/s1. The minimum Gasteiger partial charge on any atom is -0.497 e. The van der Waals surface area contributed by atoms with Gasteiger partial charge in [-0.15, -0.1) is 0 Å². The molecule has 2 atom stereocenters. The van der Waals surface area contributed by atoms with E-state index < -0.39 is 0 Å². The molecular formula is C13H21NO2. The molecule has 0 saturated heterocycles. The monoisotopic (exact) mass is 223 g/mol. The summed E-state index contributed by atoms with van der Waals surface area (Å²) in [5.74, 6) is 0.875. The first-order valence-corrected chi connectivity index (χ1v) is 5.69. The zero-order valence-electron chi connectivity index (χ0n) is 10.2. The largest absolute Gasteiger partial charge is 0.497 e. The van der Waals surface area contributed by atoms with Crippen molar-refractivity contribution in [3.63, 3.8) is 0 Å². The number of hydrogen-bond acceptors (Lipinski definition) is 3. The van der Waals surface area contributed by atoms with Gasteiger partial charge in [-0.25, -0.2) is 0 Å². The predicted molar refractivity (Wildman–Crippen MR) is 65.7 cm³/mol. The molecule has 0 fully saturated rings. The molecule has 0 bridgehead atoms. The molecule has 0 aromatic heterocycles. The van der Waals surface area contributed by atoms with Crippen molar-refractivity contribution >= 4 is 0 Å². The molecule has 0 amide bonds. The van der Waals surface area contributed by atoms with Gasteiger partial charge in [0, 0.05) is 6.04 Å². The average Bonchev–Trinajstić information content (AvgIpc) is 2.28. The van der Waals surface area contributed by atoms with Gasteiger partial charge in [0.15, 0.2) is 0 Å². The summed E-state index contributed by atoms with van der Waals surface area (Å²) in [6, 6.07) is 8.33. The molecule has 3 nitrogen and oxygen atoms in total. The molecule has 90 valence electrons. The van der Waals surface area contributed by atoms with E-state index in [1.54, 1.807) is 14.0 Å². The smallest absolute Gasteiger partial charge is 0.118 e. The number of methoxy groups -OCH3 is 1. The van der Waals surface area contributed by atoms with Gasteiger partial charge in [-0.05, 0) is 44.5 Å². The molecule has 0 radical (unpaired) electrons. The van der Waals surface area contributed by atoms with Crippen molar-refractivity contribution in [3.05, 3.63) is 29.8 Å². The number of aliphatic hydroxyl groups is 1. The lowest BCUT2D eigenvalue weighted by molar-refractivity contribution is 0.182. The summed E-state index contributed by atoms with van der Waals surface area (Å²) in [7, 11) is 1.67. The summed E-state index contributed by atoms with van der Waals surface area (Å²) >= 11 is 0. The number of aliphatic hydroxyl groups excluding tert-OH is 1.